The molecule has 0 aromatic heterocycles. The number of methoxy groups -OCH3 is 1. The van der Waals surface area contributed by atoms with E-state index < -0.39 is 17.5 Å². The highest BCUT2D eigenvalue weighted by molar-refractivity contribution is 5.80. The molecule has 0 spiro atoms. The lowest BCUT2D eigenvalue weighted by Crippen LogP contribution is -2.59. The van der Waals surface area contributed by atoms with Gasteiger partial charge in [-0.25, -0.2) is 4.79 Å². The third kappa shape index (κ3) is 4.74. The van der Waals surface area contributed by atoms with Crippen molar-refractivity contribution in [2.45, 2.75) is 32.4 Å². The Hall–Kier alpha value is -3.06. The van der Waals surface area contributed by atoms with Crippen LogP contribution >= 0.6 is 0 Å². The quantitative estimate of drug-likeness (QED) is 0.677. The fraction of sp³-hybridized carbons (Fsp3) is 0.391. The van der Waals surface area contributed by atoms with Crippen LogP contribution in [0.15, 0.2) is 48.5 Å². The molecule has 2 amide bonds. The number of carboxylic acid groups (broad SMARTS) is 1. The van der Waals surface area contributed by atoms with Crippen molar-refractivity contribution in [3.8, 4) is 5.75 Å². The van der Waals surface area contributed by atoms with Gasteiger partial charge in [-0.1, -0.05) is 42.0 Å². The number of carboxylic acids is 1. The second-order valence-electron chi connectivity index (χ2n) is 7.86. The predicted octanol–water partition coefficient (Wildman–Crippen LogP) is 2.59. The van der Waals surface area contributed by atoms with E-state index in [-0.39, 0.29) is 25.4 Å². The highest BCUT2D eigenvalue weighted by atomic mass is 16.5. The van der Waals surface area contributed by atoms with Crippen LogP contribution in [0.4, 0.5) is 4.79 Å². The Morgan fingerprint density at radius 2 is 1.93 bits per heavy atom. The van der Waals surface area contributed by atoms with Gasteiger partial charge in [-0.3, -0.25) is 4.79 Å². The molecule has 0 bridgehead atoms. The molecule has 2 aromatic carbocycles. The first kappa shape index (κ1) is 21.6. The second kappa shape index (κ2) is 9.17. The number of ether oxygens (including phenoxy) is 1. The lowest BCUT2D eigenvalue weighted by Gasteiger charge is -2.43. The highest BCUT2D eigenvalue weighted by Crippen LogP contribution is 2.35. The summed E-state index contributed by atoms with van der Waals surface area (Å²) < 4.78 is 5.22. The minimum atomic E-state index is -1.48. The molecule has 2 atom stereocenters. The van der Waals surface area contributed by atoms with E-state index >= 15 is 0 Å². The van der Waals surface area contributed by atoms with Gasteiger partial charge in [0.2, 0.25) is 0 Å². The third-order valence-corrected chi connectivity index (χ3v) is 5.68. The number of piperidine rings is 1. The Bertz CT molecular complexity index is 916. The molecule has 1 aliphatic rings. The van der Waals surface area contributed by atoms with E-state index in [0.717, 1.165) is 16.7 Å². The SMILES string of the molecule is COc1cccc(C[C@@]2(C(=O)O)CN(C(=O)NCc3cccc(C)c3)CC[C@@H]2O)c1. The normalized spacial score (nSPS) is 21.2. The Balaban J connectivity index is 1.75. The summed E-state index contributed by atoms with van der Waals surface area (Å²) in [5.41, 5.74) is 1.33. The number of aliphatic hydroxyl groups excluding tert-OH is 1. The van der Waals surface area contributed by atoms with Crippen molar-refractivity contribution in [1.82, 2.24) is 10.2 Å². The lowest BCUT2D eigenvalue weighted by molar-refractivity contribution is -0.161. The van der Waals surface area contributed by atoms with Crippen LogP contribution in [0.1, 0.15) is 23.1 Å². The number of nitrogens with one attached hydrogen (secondary N) is 1. The van der Waals surface area contributed by atoms with Crippen LogP contribution in [-0.4, -0.2) is 53.4 Å². The number of carbonyl (C=O) groups excluding carboxylic acids is 1. The van der Waals surface area contributed by atoms with Crippen LogP contribution in [0.25, 0.3) is 0 Å². The van der Waals surface area contributed by atoms with Crippen LogP contribution in [0.3, 0.4) is 0 Å². The average Bonchev–Trinajstić information content (AvgIpc) is 2.73. The summed E-state index contributed by atoms with van der Waals surface area (Å²) in [6.45, 7) is 2.57. The van der Waals surface area contributed by atoms with Gasteiger partial charge in [0, 0.05) is 19.6 Å². The molecule has 0 saturated carbocycles. The van der Waals surface area contributed by atoms with Crippen molar-refractivity contribution >= 4 is 12.0 Å². The monoisotopic (exact) mass is 412 g/mol. The zero-order valence-corrected chi connectivity index (χ0v) is 17.3. The summed E-state index contributed by atoms with van der Waals surface area (Å²) in [5, 5.41) is 23.5. The summed E-state index contributed by atoms with van der Waals surface area (Å²) in [4.78, 5) is 26.5. The number of urea groups is 1. The maximum Gasteiger partial charge on any atom is 0.317 e. The van der Waals surface area contributed by atoms with Crippen molar-refractivity contribution in [2.24, 2.45) is 5.41 Å². The van der Waals surface area contributed by atoms with Crippen LogP contribution in [-0.2, 0) is 17.8 Å². The molecular formula is C23H28N2O5. The Kier molecular flexibility index (Phi) is 6.62. The molecule has 7 heteroatoms. The molecule has 1 aliphatic heterocycles. The number of benzene rings is 2. The Morgan fingerprint density at radius 1 is 1.20 bits per heavy atom. The van der Waals surface area contributed by atoms with E-state index in [1.165, 1.54) is 4.90 Å². The molecule has 0 aliphatic carbocycles. The minimum Gasteiger partial charge on any atom is -0.497 e. The first-order valence-corrected chi connectivity index (χ1v) is 9.97. The molecule has 30 heavy (non-hydrogen) atoms. The lowest BCUT2D eigenvalue weighted by atomic mass is 9.73. The second-order valence-corrected chi connectivity index (χ2v) is 7.86. The molecule has 0 unspecified atom stereocenters. The smallest absolute Gasteiger partial charge is 0.317 e. The summed E-state index contributed by atoms with van der Waals surface area (Å²) in [7, 11) is 1.54. The van der Waals surface area contributed by atoms with Crippen LogP contribution in [0.2, 0.25) is 0 Å². The van der Waals surface area contributed by atoms with Gasteiger partial charge in [-0.2, -0.15) is 0 Å². The number of aryl methyl sites for hydroxylation is 1. The Morgan fingerprint density at radius 3 is 2.63 bits per heavy atom. The van der Waals surface area contributed by atoms with Crippen LogP contribution in [0, 0.1) is 12.3 Å². The zero-order chi connectivity index (χ0) is 21.7. The maximum atomic E-state index is 12.7. The predicted molar refractivity (Wildman–Crippen MR) is 112 cm³/mol. The summed E-state index contributed by atoms with van der Waals surface area (Å²) in [6.07, 6.45) is -0.752. The summed E-state index contributed by atoms with van der Waals surface area (Å²) in [5.74, 6) is -0.500. The number of hydrogen-bond acceptors (Lipinski definition) is 4. The van der Waals surface area contributed by atoms with Gasteiger partial charge >= 0.3 is 12.0 Å². The van der Waals surface area contributed by atoms with Gasteiger partial charge in [0.1, 0.15) is 11.2 Å². The molecule has 1 fully saturated rings. The summed E-state index contributed by atoms with van der Waals surface area (Å²) in [6, 6.07) is 14.6. The van der Waals surface area contributed by atoms with Gasteiger partial charge in [0.15, 0.2) is 0 Å². The zero-order valence-electron chi connectivity index (χ0n) is 17.3. The van der Waals surface area contributed by atoms with Crippen LogP contribution in [0.5, 0.6) is 5.75 Å². The van der Waals surface area contributed by atoms with Crippen molar-refractivity contribution < 1.29 is 24.5 Å². The van der Waals surface area contributed by atoms with Gasteiger partial charge in [0.05, 0.1) is 13.2 Å². The van der Waals surface area contributed by atoms with E-state index in [9.17, 15) is 19.8 Å². The number of rotatable bonds is 6. The van der Waals surface area contributed by atoms with E-state index in [0.29, 0.717) is 18.8 Å². The van der Waals surface area contributed by atoms with Gasteiger partial charge in [0.25, 0.3) is 0 Å². The van der Waals surface area contributed by atoms with Crippen molar-refractivity contribution in [1.29, 1.82) is 0 Å². The largest absolute Gasteiger partial charge is 0.497 e. The van der Waals surface area contributed by atoms with E-state index in [1.807, 2.05) is 31.2 Å². The topological polar surface area (TPSA) is 99.1 Å². The fourth-order valence-corrected chi connectivity index (χ4v) is 3.97. The third-order valence-electron chi connectivity index (χ3n) is 5.68. The molecule has 1 heterocycles. The van der Waals surface area contributed by atoms with Gasteiger partial charge in [-0.15, -0.1) is 0 Å². The highest BCUT2D eigenvalue weighted by Gasteiger charge is 2.50. The van der Waals surface area contributed by atoms with Gasteiger partial charge < -0.3 is 25.2 Å². The Labute approximate surface area is 176 Å². The number of hydrogen-bond donors (Lipinski definition) is 3. The van der Waals surface area contributed by atoms with Crippen molar-refractivity contribution in [2.75, 3.05) is 20.2 Å². The number of aliphatic carboxylic acids is 1. The number of amides is 2. The van der Waals surface area contributed by atoms with Crippen molar-refractivity contribution in [3.63, 3.8) is 0 Å². The molecule has 7 nitrogen and oxygen atoms in total. The standard InChI is InChI=1S/C23H28N2O5/c1-16-5-3-7-18(11-16)14-24-22(29)25-10-9-20(26)23(15-25,21(27)28)13-17-6-4-8-19(12-17)30-2/h3-8,11-12,20,26H,9-10,13-15H2,1-2H3,(H,24,29)(H,27,28)/t20-,23+/m0/s1. The molecular weight excluding hydrogens is 384 g/mol. The number of carbonyl (C=O) groups is 2. The molecule has 3 N–H and O–H groups in total. The van der Waals surface area contributed by atoms with E-state index in [2.05, 4.69) is 5.32 Å². The molecule has 0 radical (unpaired) electrons. The molecule has 2 aromatic rings. The molecule has 1 saturated heterocycles. The number of nitrogens with zero attached hydrogens (tertiary/aromatic N) is 1. The minimum absolute atomic E-state index is 0.0691. The van der Waals surface area contributed by atoms with Crippen molar-refractivity contribution in [3.05, 3.63) is 65.2 Å². The van der Waals surface area contributed by atoms with E-state index in [1.54, 1.807) is 31.4 Å². The van der Waals surface area contributed by atoms with Crippen LogP contribution < -0.4 is 10.1 Å². The number of aliphatic hydroxyl groups is 1. The number of likely N-dealkylation sites (tertiary alicyclic amines) is 1. The summed E-state index contributed by atoms with van der Waals surface area (Å²) >= 11 is 0. The average molecular weight is 412 g/mol. The first-order valence-electron chi connectivity index (χ1n) is 9.97. The van der Waals surface area contributed by atoms with E-state index in [4.69, 9.17) is 4.74 Å². The molecule has 3 rings (SSSR count). The maximum absolute atomic E-state index is 12.7. The fourth-order valence-electron chi connectivity index (χ4n) is 3.97. The molecule has 160 valence electrons. The van der Waals surface area contributed by atoms with Gasteiger partial charge in [-0.05, 0) is 43.0 Å². The first-order chi connectivity index (χ1) is 14.3.